The van der Waals surface area contributed by atoms with Gasteiger partial charge in [-0.25, -0.2) is 0 Å². The predicted molar refractivity (Wildman–Crippen MR) is 64.0 cm³/mol. The molecule has 1 unspecified atom stereocenters. The van der Waals surface area contributed by atoms with Gasteiger partial charge in [-0.3, -0.25) is 5.41 Å². The first kappa shape index (κ1) is 11.0. The number of nitrogen functional groups attached to an aromatic ring is 1. The van der Waals surface area contributed by atoms with Crippen LogP contribution in [0, 0.1) is 5.41 Å². The third-order valence-corrected chi connectivity index (χ3v) is 2.76. The van der Waals surface area contributed by atoms with Crippen molar-refractivity contribution in [2.75, 3.05) is 6.54 Å². The average molecular weight is 219 g/mol. The van der Waals surface area contributed by atoms with Crippen molar-refractivity contribution < 1.29 is 4.74 Å². The molecular weight excluding hydrogens is 202 g/mol. The Bertz CT molecular complexity index is 392. The zero-order chi connectivity index (χ0) is 11.5. The summed E-state index contributed by atoms with van der Waals surface area (Å²) in [5.74, 6) is 0.858. The summed E-state index contributed by atoms with van der Waals surface area (Å²) in [4.78, 5) is 0. The van der Waals surface area contributed by atoms with Gasteiger partial charge in [-0.05, 0) is 19.1 Å². The highest BCUT2D eigenvalue weighted by Gasteiger charge is 2.21. The van der Waals surface area contributed by atoms with Gasteiger partial charge in [-0.1, -0.05) is 12.1 Å². The van der Waals surface area contributed by atoms with E-state index in [2.05, 4.69) is 12.2 Å². The van der Waals surface area contributed by atoms with Crippen molar-refractivity contribution in [2.45, 2.75) is 25.5 Å². The quantitative estimate of drug-likeness (QED) is 0.526. The Balaban J connectivity index is 2.04. The van der Waals surface area contributed by atoms with E-state index in [-0.39, 0.29) is 11.9 Å². The van der Waals surface area contributed by atoms with E-state index < -0.39 is 0 Å². The van der Waals surface area contributed by atoms with Crippen molar-refractivity contribution in [1.82, 2.24) is 5.32 Å². The molecule has 1 aliphatic heterocycles. The molecule has 1 aliphatic rings. The molecule has 0 saturated carbocycles. The van der Waals surface area contributed by atoms with E-state index in [0.717, 1.165) is 18.7 Å². The molecule has 0 spiro atoms. The lowest BCUT2D eigenvalue weighted by Gasteiger charge is -2.13. The van der Waals surface area contributed by atoms with Gasteiger partial charge in [0.1, 0.15) is 17.7 Å². The van der Waals surface area contributed by atoms with Crippen molar-refractivity contribution in [3.63, 3.8) is 0 Å². The molecule has 1 aromatic carbocycles. The molecule has 86 valence electrons. The predicted octanol–water partition coefficient (Wildman–Crippen LogP) is 1.10. The van der Waals surface area contributed by atoms with E-state index >= 15 is 0 Å². The van der Waals surface area contributed by atoms with E-state index in [4.69, 9.17) is 15.9 Å². The Hall–Kier alpha value is -1.55. The molecule has 0 radical (unpaired) electrons. The second-order valence-electron chi connectivity index (χ2n) is 4.23. The molecule has 2 atom stereocenters. The summed E-state index contributed by atoms with van der Waals surface area (Å²) in [5, 5.41) is 10.7. The maximum atomic E-state index is 7.36. The Kier molecular flexibility index (Phi) is 3.10. The Morgan fingerprint density at radius 1 is 1.56 bits per heavy atom. The summed E-state index contributed by atoms with van der Waals surface area (Å²) in [6.07, 6.45) is 1.24. The maximum absolute atomic E-state index is 7.36. The first-order valence-corrected chi connectivity index (χ1v) is 5.49. The second-order valence-corrected chi connectivity index (χ2v) is 4.23. The van der Waals surface area contributed by atoms with Crippen LogP contribution in [0.5, 0.6) is 5.75 Å². The standard InChI is InChI=1S/C12H17N3O/c1-8-5-11(7-15-8)16-10-4-2-3-9(6-10)12(13)14/h2-4,6,8,11,15H,5,7H2,1H3,(H3,13,14)/t8?,11-/m1/s1. The lowest BCUT2D eigenvalue weighted by molar-refractivity contribution is 0.220. The number of hydrogen-bond acceptors (Lipinski definition) is 3. The first-order chi connectivity index (χ1) is 7.65. The van der Waals surface area contributed by atoms with E-state index in [1.54, 1.807) is 0 Å². The highest BCUT2D eigenvalue weighted by molar-refractivity contribution is 5.95. The third-order valence-electron chi connectivity index (χ3n) is 2.76. The zero-order valence-corrected chi connectivity index (χ0v) is 9.36. The van der Waals surface area contributed by atoms with Gasteiger partial charge in [0.15, 0.2) is 0 Å². The molecule has 1 fully saturated rings. The first-order valence-electron chi connectivity index (χ1n) is 5.49. The van der Waals surface area contributed by atoms with Gasteiger partial charge in [0.2, 0.25) is 0 Å². The minimum Gasteiger partial charge on any atom is -0.489 e. The monoisotopic (exact) mass is 219 g/mol. The van der Waals surface area contributed by atoms with Gasteiger partial charge in [0.05, 0.1) is 0 Å². The highest BCUT2D eigenvalue weighted by Crippen LogP contribution is 2.18. The minimum absolute atomic E-state index is 0.0726. The highest BCUT2D eigenvalue weighted by atomic mass is 16.5. The van der Waals surface area contributed by atoms with E-state index in [1.807, 2.05) is 24.3 Å². The number of nitrogens with two attached hydrogens (primary N) is 1. The molecule has 1 aromatic rings. The molecule has 4 nitrogen and oxygen atoms in total. The summed E-state index contributed by atoms with van der Waals surface area (Å²) in [6.45, 7) is 3.03. The van der Waals surface area contributed by atoms with E-state index in [1.165, 1.54) is 0 Å². The van der Waals surface area contributed by atoms with E-state index in [9.17, 15) is 0 Å². The van der Waals surface area contributed by atoms with Crippen molar-refractivity contribution in [3.05, 3.63) is 29.8 Å². The number of hydrogen-bond donors (Lipinski definition) is 3. The molecule has 4 heteroatoms. The van der Waals surface area contributed by atoms with Gasteiger partial charge >= 0.3 is 0 Å². The molecule has 1 saturated heterocycles. The summed E-state index contributed by atoms with van der Waals surface area (Å²) in [7, 11) is 0. The number of benzene rings is 1. The number of rotatable bonds is 3. The van der Waals surface area contributed by atoms with Crippen LogP contribution in [0.1, 0.15) is 18.9 Å². The summed E-state index contributed by atoms with van der Waals surface area (Å²) in [6, 6.07) is 7.89. The Morgan fingerprint density at radius 2 is 2.38 bits per heavy atom. The van der Waals surface area contributed by atoms with Crippen LogP contribution in [0.25, 0.3) is 0 Å². The van der Waals surface area contributed by atoms with Crippen molar-refractivity contribution >= 4 is 5.84 Å². The number of nitrogens with one attached hydrogen (secondary N) is 2. The summed E-state index contributed by atoms with van der Waals surface area (Å²) >= 11 is 0. The Morgan fingerprint density at radius 3 is 3.00 bits per heavy atom. The summed E-state index contributed by atoms with van der Waals surface area (Å²) in [5.41, 5.74) is 6.13. The van der Waals surface area contributed by atoms with Crippen molar-refractivity contribution in [1.29, 1.82) is 5.41 Å². The number of ether oxygens (including phenoxy) is 1. The van der Waals surface area contributed by atoms with Gasteiger partial charge in [0.25, 0.3) is 0 Å². The topological polar surface area (TPSA) is 71.1 Å². The molecular formula is C12H17N3O. The van der Waals surface area contributed by atoms with Crippen LogP contribution in [-0.4, -0.2) is 24.5 Å². The largest absolute Gasteiger partial charge is 0.489 e. The second kappa shape index (κ2) is 4.53. The lowest BCUT2D eigenvalue weighted by Crippen LogP contribution is -2.20. The van der Waals surface area contributed by atoms with Crippen LogP contribution in [-0.2, 0) is 0 Å². The molecule has 0 amide bonds. The molecule has 16 heavy (non-hydrogen) atoms. The van der Waals surface area contributed by atoms with Crippen molar-refractivity contribution in [3.8, 4) is 5.75 Å². The molecule has 0 bridgehead atoms. The van der Waals surface area contributed by atoms with E-state index in [0.29, 0.717) is 11.6 Å². The smallest absolute Gasteiger partial charge is 0.122 e. The van der Waals surface area contributed by atoms with Crippen LogP contribution in [0.15, 0.2) is 24.3 Å². The molecule has 1 heterocycles. The van der Waals surface area contributed by atoms with Crippen LogP contribution in [0.2, 0.25) is 0 Å². The molecule has 4 N–H and O–H groups in total. The van der Waals surface area contributed by atoms with Gasteiger partial charge in [-0.2, -0.15) is 0 Å². The van der Waals surface area contributed by atoms with Crippen molar-refractivity contribution in [2.24, 2.45) is 5.73 Å². The average Bonchev–Trinajstić information content (AvgIpc) is 2.64. The van der Waals surface area contributed by atoms with Gasteiger partial charge < -0.3 is 15.8 Å². The van der Waals surface area contributed by atoms with Crippen LogP contribution >= 0.6 is 0 Å². The fourth-order valence-corrected chi connectivity index (χ4v) is 1.91. The lowest BCUT2D eigenvalue weighted by atomic mass is 10.2. The third kappa shape index (κ3) is 2.52. The molecule has 2 rings (SSSR count). The maximum Gasteiger partial charge on any atom is 0.122 e. The zero-order valence-electron chi connectivity index (χ0n) is 9.36. The molecule has 0 aromatic heterocycles. The fraction of sp³-hybridized carbons (Fsp3) is 0.417. The normalized spacial score (nSPS) is 24.3. The van der Waals surface area contributed by atoms with Crippen LogP contribution in [0.4, 0.5) is 0 Å². The molecule has 0 aliphatic carbocycles. The van der Waals surface area contributed by atoms with Crippen LogP contribution in [0.3, 0.4) is 0 Å². The minimum atomic E-state index is 0.0726. The van der Waals surface area contributed by atoms with Gasteiger partial charge in [0, 0.05) is 24.6 Å². The fourth-order valence-electron chi connectivity index (χ4n) is 1.91. The Labute approximate surface area is 95.3 Å². The van der Waals surface area contributed by atoms with Crippen LogP contribution < -0.4 is 15.8 Å². The SMILES string of the molecule is CC1C[C@@H](Oc2cccc(C(=N)N)c2)CN1. The number of amidine groups is 1. The summed E-state index contributed by atoms with van der Waals surface area (Å²) < 4.78 is 5.82. The van der Waals surface area contributed by atoms with Gasteiger partial charge in [-0.15, -0.1) is 0 Å².